The number of hydrogen-bond donors (Lipinski definition) is 2. The van der Waals surface area contributed by atoms with E-state index in [1.807, 2.05) is 55.4 Å². The second kappa shape index (κ2) is 7.43. The zero-order chi connectivity index (χ0) is 20.7. The third-order valence-corrected chi connectivity index (χ3v) is 5.59. The van der Waals surface area contributed by atoms with Crippen LogP contribution in [-0.2, 0) is 6.54 Å². The van der Waals surface area contributed by atoms with Gasteiger partial charge < -0.3 is 20.5 Å². The molecular weight excluding hydrogens is 388 g/mol. The van der Waals surface area contributed by atoms with Gasteiger partial charge in [0.05, 0.1) is 10.9 Å². The Balaban J connectivity index is 2.12. The van der Waals surface area contributed by atoms with Gasteiger partial charge in [0.15, 0.2) is 0 Å². The fraction of sp³-hybridized carbons (Fsp3) is 0.174. The van der Waals surface area contributed by atoms with Crippen LogP contribution in [-0.4, -0.2) is 25.2 Å². The smallest absolute Gasteiger partial charge is 0.336 e. The highest BCUT2D eigenvalue weighted by Crippen LogP contribution is 2.53. The van der Waals surface area contributed by atoms with Crippen molar-refractivity contribution in [3.8, 4) is 22.6 Å². The maximum Gasteiger partial charge on any atom is 0.336 e. The number of benzene rings is 3. The summed E-state index contributed by atoms with van der Waals surface area (Å²) in [6.07, 6.45) is 0. The van der Waals surface area contributed by atoms with Crippen molar-refractivity contribution in [3.05, 3.63) is 76.9 Å². The molecule has 3 N–H and O–H groups in total. The first-order valence-electron chi connectivity index (χ1n) is 9.24. The van der Waals surface area contributed by atoms with Crippen molar-refractivity contribution < 1.29 is 14.6 Å². The number of rotatable bonds is 4. The van der Waals surface area contributed by atoms with Crippen molar-refractivity contribution in [1.29, 1.82) is 0 Å². The summed E-state index contributed by atoms with van der Waals surface area (Å²) in [4.78, 5) is 13.9. The van der Waals surface area contributed by atoms with E-state index >= 15 is 0 Å². The molecule has 3 aromatic rings. The topological polar surface area (TPSA) is 75.8 Å². The molecular formula is C23H21ClN2O3. The molecule has 6 heteroatoms. The summed E-state index contributed by atoms with van der Waals surface area (Å²) in [7, 11) is 3.82. The van der Waals surface area contributed by atoms with Crippen LogP contribution in [0.15, 0.2) is 54.6 Å². The molecule has 0 amide bonds. The molecule has 0 saturated heterocycles. The lowest BCUT2D eigenvalue weighted by atomic mass is 9.86. The summed E-state index contributed by atoms with van der Waals surface area (Å²) in [5.74, 6) is 0.295. The summed E-state index contributed by atoms with van der Waals surface area (Å²) in [5.41, 5.74) is 10.9. The Morgan fingerprint density at radius 1 is 1.14 bits per heavy atom. The molecule has 5 nitrogen and oxygen atoms in total. The molecule has 0 aromatic heterocycles. The number of nitrogens with zero attached hydrogens (tertiary/aromatic N) is 1. The van der Waals surface area contributed by atoms with E-state index in [4.69, 9.17) is 22.1 Å². The van der Waals surface area contributed by atoms with Gasteiger partial charge in [0.1, 0.15) is 11.5 Å². The van der Waals surface area contributed by atoms with Gasteiger partial charge in [-0.25, -0.2) is 4.79 Å². The van der Waals surface area contributed by atoms with E-state index in [-0.39, 0.29) is 12.1 Å². The van der Waals surface area contributed by atoms with E-state index in [0.29, 0.717) is 17.1 Å². The Hall–Kier alpha value is -3.02. The number of hydrogen-bond acceptors (Lipinski definition) is 4. The van der Waals surface area contributed by atoms with E-state index < -0.39 is 11.3 Å². The number of fused-ring (bicyclic) bond motifs is 2. The van der Waals surface area contributed by atoms with E-state index in [9.17, 15) is 9.90 Å². The zero-order valence-electron chi connectivity index (χ0n) is 16.1. The van der Waals surface area contributed by atoms with E-state index in [1.165, 1.54) is 0 Å². The monoisotopic (exact) mass is 408 g/mol. The predicted octanol–water partition coefficient (Wildman–Crippen LogP) is 5.01. The summed E-state index contributed by atoms with van der Waals surface area (Å²) in [6, 6.07) is 16.4. The van der Waals surface area contributed by atoms with E-state index in [0.717, 1.165) is 27.9 Å². The van der Waals surface area contributed by atoms with E-state index in [2.05, 4.69) is 0 Å². The average molecular weight is 409 g/mol. The van der Waals surface area contributed by atoms with Crippen LogP contribution in [0.1, 0.15) is 32.4 Å². The highest BCUT2D eigenvalue weighted by molar-refractivity contribution is 6.24. The summed E-state index contributed by atoms with van der Waals surface area (Å²) in [6.45, 7) is 0.279. The number of carbonyl (C=O) groups is 1. The van der Waals surface area contributed by atoms with Crippen molar-refractivity contribution in [2.24, 2.45) is 5.73 Å². The fourth-order valence-electron chi connectivity index (χ4n) is 3.94. The molecule has 0 bridgehead atoms. The minimum absolute atomic E-state index is 0.203. The van der Waals surface area contributed by atoms with Crippen molar-refractivity contribution in [1.82, 2.24) is 0 Å². The SMILES string of the molecule is CN(C)c1c(CN)cc2c(c1-c1ccccc1C(=O)O)C(Cl)c1ccccc1O2. The lowest BCUT2D eigenvalue weighted by Crippen LogP contribution is -2.18. The number of alkyl halides is 1. The van der Waals surface area contributed by atoms with Crippen LogP contribution in [0.4, 0.5) is 5.69 Å². The molecule has 0 radical (unpaired) electrons. The van der Waals surface area contributed by atoms with Crippen molar-refractivity contribution >= 4 is 23.3 Å². The van der Waals surface area contributed by atoms with Gasteiger partial charge in [-0.1, -0.05) is 36.4 Å². The second-order valence-electron chi connectivity index (χ2n) is 7.12. The summed E-state index contributed by atoms with van der Waals surface area (Å²) in [5, 5.41) is 9.32. The molecule has 1 aliphatic heterocycles. The van der Waals surface area contributed by atoms with Gasteiger partial charge in [0, 0.05) is 43.0 Å². The Labute approximate surface area is 174 Å². The van der Waals surface area contributed by atoms with Crippen molar-refractivity contribution in [2.45, 2.75) is 11.9 Å². The van der Waals surface area contributed by atoms with Gasteiger partial charge in [0.2, 0.25) is 0 Å². The standard InChI is InChI=1S/C23H21ClN2O3/c1-26(2)22-13(12-25)11-18-20(21(24)16-9-5-6-10-17(16)29-18)19(22)14-7-3-4-8-15(14)23(27)28/h3-11,21H,12,25H2,1-2H3,(H,27,28). The lowest BCUT2D eigenvalue weighted by molar-refractivity contribution is 0.0697. The van der Waals surface area contributed by atoms with Crippen molar-refractivity contribution in [3.63, 3.8) is 0 Å². The first kappa shape index (κ1) is 19.3. The first-order valence-corrected chi connectivity index (χ1v) is 9.68. The Morgan fingerprint density at radius 2 is 1.83 bits per heavy atom. The number of nitrogens with two attached hydrogens (primary N) is 1. The molecule has 1 atom stereocenters. The fourth-order valence-corrected chi connectivity index (χ4v) is 4.33. The molecule has 4 rings (SSSR count). The lowest BCUT2D eigenvalue weighted by Gasteiger charge is -2.32. The van der Waals surface area contributed by atoms with Gasteiger partial charge in [-0.05, 0) is 29.3 Å². The van der Waals surface area contributed by atoms with Crippen LogP contribution < -0.4 is 15.4 Å². The van der Waals surface area contributed by atoms with Gasteiger partial charge in [0.25, 0.3) is 0 Å². The highest BCUT2D eigenvalue weighted by Gasteiger charge is 2.33. The summed E-state index contributed by atoms with van der Waals surface area (Å²) >= 11 is 6.96. The number of halogens is 1. The minimum atomic E-state index is -1.000. The van der Waals surface area contributed by atoms with Gasteiger partial charge in [-0.15, -0.1) is 11.6 Å². The van der Waals surface area contributed by atoms with Crippen LogP contribution in [0.5, 0.6) is 11.5 Å². The Kier molecular flexibility index (Phi) is 4.94. The quantitative estimate of drug-likeness (QED) is 0.593. The maximum atomic E-state index is 12.0. The molecule has 1 heterocycles. The number of carboxylic acids is 1. The van der Waals surface area contributed by atoms with Crippen LogP contribution in [0.25, 0.3) is 11.1 Å². The largest absolute Gasteiger partial charge is 0.478 e. The summed E-state index contributed by atoms with van der Waals surface area (Å²) < 4.78 is 6.18. The molecule has 0 saturated carbocycles. The van der Waals surface area contributed by atoms with Crippen molar-refractivity contribution in [2.75, 3.05) is 19.0 Å². The van der Waals surface area contributed by atoms with Gasteiger partial charge in [-0.3, -0.25) is 0 Å². The average Bonchev–Trinajstić information content (AvgIpc) is 2.72. The molecule has 0 spiro atoms. The third-order valence-electron chi connectivity index (χ3n) is 5.14. The van der Waals surface area contributed by atoms with Crippen LogP contribution in [0.2, 0.25) is 0 Å². The van der Waals surface area contributed by atoms with Crippen LogP contribution in [0.3, 0.4) is 0 Å². The Bertz CT molecular complexity index is 1110. The number of para-hydroxylation sites is 1. The van der Waals surface area contributed by atoms with Crippen LogP contribution >= 0.6 is 11.6 Å². The number of anilines is 1. The first-order chi connectivity index (χ1) is 13.9. The third kappa shape index (κ3) is 3.12. The molecule has 29 heavy (non-hydrogen) atoms. The molecule has 148 valence electrons. The normalized spacial score (nSPS) is 14.6. The zero-order valence-corrected chi connectivity index (χ0v) is 16.9. The number of carboxylic acid groups (broad SMARTS) is 1. The Morgan fingerprint density at radius 3 is 2.52 bits per heavy atom. The van der Waals surface area contributed by atoms with Crippen LogP contribution in [0, 0.1) is 0 Å². The van der Waals surface area contributed by atoms with Gasteiger partial charge in [-0.2, -0.15) is 0 Å². The highest BCUT2D eigenvalue weighted by atomic mass is 35.5. The predicted molar refractivity (Wildman–Crippen MR) is 115 cm³/mol. The number of ether oxygens (including phenoxy) is 1. The maximum absolute atomic E-state index is 12.0. The molecule has 0 fully saturated rings. The molecule has 1 unspecified atom stereocenters. The second-order valence-corrected chi connectivity index (χ2v) is 7.56. The number of aromatic carboxylic acids is 1. The molecule has 3 aromatic carbocycles. The van der Waals surface area contributed by atoms with Gasteiger partial charge >= 0.3 is 5.97 Å². The van der Waals surface area contributed by atoms with E-state index in [1.54, 1.807) is 18.2 Å². The molecule has 1 aliphatic rings. The molecule has 0 aliphatic carbocycles. The minimum Gasteiger partial charge on any atom is -0.478 e.